The van der Waals surface area contributed by atoms with Crippen LogP contribution in [-0.2, 0) is 0 Å². The molecule has 0 spiro atoms. The Balaban J connectivity index is 2.48. The van der Waals surface area contributed by atoms with E-state index in [1.165, 1.54) is 0 Å². The number of hydrogen-bond donors (Lipinski definition) is 1. The molecule has 1 heterocycles. The van der Waals surface area contributed by atoms with Crippen LogP contribution in [0.1, 0.15) is 22.7 Å². The number of halogens is 2. The van der Waals surface area contributed by atoms with E-state index in [9.17, 15) is 4.39 Å². The molecular weight excluding hydrogens is 289 g/mol. The summed E-state index contributed by atoms with van der Waals surface area (Å²) >= 11 is 4.92. The van der Waals surface area contributed by atoms with Gasteiger partial charge in [0.05, 0.1) is 6.04 Å². The van der Waals surface area contributed by atoms with Crippen LogP contribution >= 0.6 is 27.3 Å². The van der Waals surface area contributed by atoms with Gasteiger partial charge in [-0.05, 0) is 47.0 Å². The Morgan fingerprint density at radius 1 is 1.44 bits per heavy atom. The van der Waals surface area contributed by atoms with Crippen molar-refractivity contribution in [2.24, 2.45) is 5.73 Å². The molecule has 0 aliphatic rings. The zero-order valence-corrected chi connectivity index (χ0v) is 11.1. The second kappa shape index (κ2) is 4.65. The van der Waals surface area contributed by atoms with Crippen LogP contribution in [0.4, 0.5) is 4.39 Å². The molecule has 0 unspecified atom stereocenters. The molecule has 2 aromatic rings. The summed E-state index contributed by atoms with van der Waals surface area (Å²) in [5, 5.41) is 3.89. The minimum atomic E-state index is -0.401. The van der Waals surface area contributed by atoms with Gasteiger partial charge in [0.2, 0.25) is 0 Å². The van der Waals surface area contributed by atoms with Crippen molar-refractivity contribution in [3.8, 4) is 0 Å². The van der Waals surface area contributed by atoms with Crippen LogP contribution in [0.25, 0.3) is 0 Å². The van der Waals surface area contributed by atoms with E-state index in [1.54, 1.807) is 30.4 Å². The van der Waals surface area contributed by atoms with E-state index in [2.05, 4.69) is 15.9 Å². The summed E-state index contributed by atoms with van der Waals surface area (Å²) in [6.07, 6.45) is 0. The van der Waals surface area contributed by atoms with Crippen molar-refractivity contribution < 1.29 is 4.39 Å². The third-order valence-corrected chi connectivity index (χ3v) is 3.64. The molecule has 0 aliphatic carbocycles. The highest BCUT2D eigenvalue weighted by molar-refractivity contribution is 9.10. The van der Waals surface area contributed by atoms with Crippen LogP contribution in [0.5, 0.6) is 0 Å². The van der Waals surface area contributed by atoms with E-state index in [-0.39, 0.29) is 5.82 Å². The molecule has 1 aromatic carbocycles. The predicted molar refractivity (Wildman–Crippen MR) is 69.2 cm³/mol. The Morgan fingerprint density at radius 3 is 2.81 bits per heavy atom. The van der Waals surface area contributed by atoms with Gasteiger partial charge in [-0.25, -0.2) is 4.39 Å². The predicted octanol–water partition coefficient (Wildman–Crippen LogP) is 4.01. The third kappa shape index (κ3) is 2.19. The lowest BCUT2D eigenvalue weighted by Gasteiger charge is -2.13. The van der Waals surface area contributed by atoms with Crippen molar-refractivity contribution in [3.05, 3.63) is 55.9 Å². The first-order chi connectivity index (χ1) is 7.59. The number of rotatable bonds is 2. The van der Waals surface area contributed by atoms with Gasteiger partial charge in [0.25, 0.3) is 0 Å². The van der Waals surface area contributed by atoms with Crippen molar-refractivity contribution in [3.63, 3.8) is 0 Å². The van der Waals surface area contributed by atoms with Gasteiger partial charge < -0.3 is 5.73 Å². The Hall–Kier alpha value is -0.710. The van der Waals surface area contributed by atoms with Crippen molar-refractivity contribution in [1.82, 2.24) is 0 Å². The van der Waals surface area contributed by atoms with Crippen molar-refractivity contribution in [2.45, 2.75) is 13.0 Å². The molecule has 4 heteroatoms. The van der Waals surface area contributed by atoms with E-state index in [0.29, 0.717) is 11.1 Å². The first-order valence-electron chi connectivity index (χ1n) is 4.83. The minimum Gasteiger partial charge on any atom is -0.320 e. The molecule has 0 saturated heterocycles. The van der Waals surface area contributed by atoms with Crippen LogP contribution < -0.4 is 5.73 Å². The molecule has 1 nitrogen and oxygen atoms in total. The summed E-state index contributed by atoms with van der Waals surface area (Å²) in [6.45, 7) is 1.74. The fourth-order valence-electron chi connectivity index (χ4n) is 1.61. The van der Waals surface area contributed by atoms with Crippen LogP contribution in [0, 0.1) is 12.7 Å². The molecule has 16 heavy (non-hydrogen) atoms. The second-order valence-corrected chi connectivity index (χ2v) is 5.36. The lowest BCUT2D eigenvalue weighted by atomic mass is 10.00. The van der Waals surface area contributed by atoms with Gasteiger partial charge in [-0.3, -0.25) is 0 Å². The van der Waals surface area contributed by atoms with E-state index in [0.717, 1.165) is 10.0 Å². The van der Waals surface area contributed by atoms with Gasteiger partial charge in [0.1, 0.15) is 5.82 Å². The molecule has 84 valence electrons. The second-order valence-electron chi connectivity index (χ2n) is 3.66. The molecule has 0 fully saturated rings. The molecule has 0 bridgehead atoms. The maximum absolute atomic E-state index is 13.9. The van der Waals surface area contributed by atoms with Gasteiger partial charge in [0.15, 0.2) is 0 Å². The van der Waals surface area contributed by atoms with E-state index < -0.39 is 6.04 Å². The largest absolute Gasteiger partial charge is 0.320 e. The van der Waals surface area contributed by atoms with Gasteiger partial charge in [-0.2, -0.15) is 11.3 Å². The number of aryl methyl sites for hydroxylation is 1. The molecular formula is C12H11BrFNS. The summed E-state index contributed by atoms with van der Waals surface area (Å²) < 4.78 is 14.8. The van der Waals surface area contributed by atoms with E-state index in [1.807, 2.05) is 16.8 Å². The smallest absolute Gasteiger partial charge is 0.131 e. The van der Waals surface area contributed by atoms with Crippen molar-refractivity contribution in [1.29, 1.82) is 0 Å². The molecule has 2 N–H and O–H groups in total. The van der Waals surface area contributed by atoms with Crippen LogP contribution in [-0.4, -0.2) is 0 Å². The number of nitrogens with two attached hydrogens (primary N) is 1. The number of benzene rings is 1. The maximum atomic E-state index is 13.9. The maximum Gasteiger partial charge on any atom is 0.131 e. The standard InChI is InChI=1S/C12H11BrFNS/c1-7-4-9(13)5-10(11(7)14)12(15)8-2-3-16-6-8/h2-6,12H,15H2,1H3/t12-/m1/s1. The van der Waals surface area contributed by atoms with E-state index >= 15 is 0 Å². The lowest BCUT2D eigenvalue weighted by molar-refractivity contribution is 0.591. The molecule has 1 aromatic heterocycles. The zero-order valence-electron chi connectivity index (χ0n) is 8.71. The van der Waals surface area contributed by atoms with Crippen LogP contribution in [0.2, 0.25) is 0 Å². The Bertz CT molecular complexity index is 496. The SMILES string of the molecule is Cc1cc(Br)cc([C@H](N)c2ccsc2)c1F. The molecule has 0 saturated carbocycles. The highest BCUT2D eigenvalue weighted by Gasteiger charge is 2.16. The Labute approximate surface area is 106 Å². The fraction of sp³-hybridized carbons (Fsp3) is 0.167. The quantitative estimate of drug-likeness (QED) is 0.891. The summed E-state index contributed by atoms with van der Waals surface area (Å²) in [4.78, 5) is 0. The van der Waals surface area contributed by atoms with Gasteiger partial charge in [-0.1, -0.05) is 15.9 Å². The highest BCUT2D eigenvalue weighted by Crippen LogP contribution is 2.28. The van der Waals surface area contributed by atoms with Gasteiger partial charge >= 0.3 is 0 Å². The lowest BCUT2D eigenvalue weighted by Crippen LogP contribution is -2.13. The molecule has 0 aliphatic heterocycles. The fourth-order valence-corrected chi connectivity index (χ4v) is 2.90. The Morgan fingerprint density at radius 2 is 2.19 bits per heavy atom. The molecule has 0 amide bonds. The van der Waals surface area contributed by atoms with Crippen molar-refractivity contribution >= 4 is 27.3 Å². The monoisotopic (exact) mass is 299 g/mol. The summed E-state index contributed by atoms with van der Waals surface area (Å²) in [6, 6.07) is 5.01. The Kier molecular flexibility index (Phi) is 3.42. The summed E-state index contributed by atoms with van der Waals surface area (Å²) in [5.74, 6) is -0.220. The summed E-state index contributed by atoms with van der Waals surface area (Å²) in [7, 11) is 0. The highest BCUT2D eigenvalue weighted by atomic mass is 79.9. The average Bonchev–Trinajstić information content (AvgIpc) is 2.75. The zero-order chi connectivity index (χ0) is 11.7. The van der Waals surface area contributed by atoms with Gasteiger partial charge in [-0.15, -0.1) is 0 Å². The molecule has 0 radical (unpaired) electrons. The number of thiophene rings is 1. The third-order valence-electron chi connectivity index (χ3n) is 2.48. The topological polar surface area (TPSA) is 26.0 Å². The minimum absolute atomic E-state index is 0.220. The number of hydrogen-bond acceptors (Lipinski definition) is 2. The van der Waals surface area contributed by atoms with Crippen LogP contribution in [0.15, 0.2) is 33.4 Å². The normalized spacial score (nSPS) is 12.8. The summed E-state index contributed by atoms with van der Waals surface area (Å²) in [5.41, 5.74) is 8.13. The first kappa shape index (κ1) is 11.8. The molecule has 2 rings (SSSR count). The van der Waals surface area contributed by atoms with Gasteiger partial charge in [0, 0.05) is 10.0 Å². The molecule has 1 atom stereocenters. The first-order valence-corrected chi connectivity index (χ1v) is 6.56. The van der Waals surface area contributed by atoms with Crippen LogP contribution in [0.3, 0.4) is 0 Å². The average molecular weight is 300 g/mol. The van der Waals surface area contributed by atoms with Crippen molar-refractivity contribution in [2.75, 3.05) is 0 Å². The van der Waals surface area contributed by atoms with E-state index in [4.69, 9.17) is 5.73 Å².